The Morgan fingerprint density at radius 2 is 1.26 bits per heavy atom. The molecule has 6 aromatic carbocycles. The summed E-state index contributed by atoms with van der Waals surface area (Å²) in [6.45, 7) is 17.1. The predicted octanol–water partition coefficient (Wildman–Crippen LogP) is 13.9. The van der Waals surface area contributed by atoms with E-state index < -0.39 is 0 Å². The molecule has 0 bridgehead atoms. The molecule has 0 fully saturated rings. The molecule has 6 nitrogen and oxygen atoms in total. The fourth-order valence-corrected chi connectivity index (χ4v) is 8.82. The third-order valence-corrected chi connectivity index (χ3v) is 12.6. The van der Waals surface area contributed by atoms with Gasteiger partial charge in [0.1, 0.15) is 5.58 Å². The molecule has 0 aliphatic rings. The van der Waals surface area contributed by atoms with Crippen molar-refractivity contribution in [2.45, 2.75) is 66.2 Å². The second-order valence-electron chi connectivity index (χ2n) is 19.0. The van der Waals surface area contributed by atoms with Crippen LogP contribution in [0.1, 0.15) is 63.8 Å². The van der Waals surface area contributed by atoms with Gasteiger partial charge in [-0.15, -0.1) is 48.0 Å². The van der Waals surface area contributed by atoms with Crippen LogP contribution < -0.4 is 10.9 Å². The third-order valence-electron chi connectivity index (χ3n) is 12.6. The van der Waals surface area contributed by atoms with Crippen LogP contribution in [0.15, 0.2) is 148 Å². The first-order valence-corrected chi connectivity index (χ1v) is 21.8. The van der Waals surface area contributed by atoms with Crippen molar-refractivity contribution >= 4 is 60.0 Å². The number of pyridine rings is 4. The Labute approximate surface area is 395 Å². The Morgan fingerprint density at radius 1 is 0.606 bits per heavy atom. The van der Waals surface area contributed by atoms with Gasteiger partial charge >= 0.3 is 0 Å². The minimum Gasteiger partial charge on any atom is -0.500 e. The van der Waals surface area contributed by atoms with E-state index in [0.29, 0.717) is 38.2 Å². The Morgan fingerprint density at radius 3 is 1.83 bits per heavy atom. The van der Waals surface area contributed by atoms with Crippen molar-refractivity contribution in [3.63, 3.8) is 0 Å². The van der Waals surface area contributed by atoms with Gasteiger partial charge in [0.05, 0.1) is 22.1 Å². The van der Waals surface area contributed by atoms with Crippen LogP contribution in [0.4, 0.5) is 4.39 Å². The molecule has 11 rings (SSSR count). The van der Waals surface area contributed by atoms with E-state index in [1.807, 2.05) is 98.9 Å². The van der Waals surface area contributed by atoms with E-state index in [-0.39, 0.29) is 47.6 Å². The summed E-state index contributed by atoms with van der Waals surface area (Å²) in [4.78, 5) is 38.0. The molecule has 329 valence electrons. The van der Waals surface area contributed by atoms with Crippen molar-refractivity contribution in [3.8, 4) is 33.6 Å². The summed E-state index contributed by atoms with van der Waals surface area (Å²) in [7, 11) is 0. The van der Waals surface area contributed by atoms with Crippen LogP contribution in [0, 0.1) is 31.8 Å². The minimum absolute atomic E-state index is 0. The smallest absolute Gasteiger partial charge is 0.197 e. The number of fused-ring (bicyclic) bond motifs is 7. The van der Waals surface area contributed by atoms with Gasteiger partial charge in [-0.05, 0) is 101 Å². The summed E-state index contributed by atoms with van der Waals surface area (Å²) in [6.07, 6.45) is 3.58. The molecule has 5 aromatic heterocycles. The van der Waals surface area contributed by atoms with Gasteiger partial charge in [0, 0.05) is 70.8 Å². The summed E-state index contributed by atoms with van der Waals surface area (Å²) in [5.74, 6) is -0.275. The monoisotopic (exact) mass is 1040 g/mol. The SMILES string of the molecule is CC(C)(C)c1ccc2c(=O)c3cc(-c4cccc5c4oc4c(-c6ccccn6)[c-]ccc45)cc4c(=O)c5ccc(C(C)(C)C)cc5n(c2c1)c34.Cc1cnc(-c2[c-]cc(F)cc2)cc1C.[Ir]. The second-order valence-corrected chi connectivity index (χ2v) is 19.0. The maximum absolute atomic E-state index is 14.6. The first kappa shape index (κ1) is 44.3. The molecule has 0 amide bonds. The number of halogens is 1. The van der Waals surface area contributed by atoms with Crippen molar-refractivity contribution in [3.05, 3.63) is 194 Å². The second kappa shape index (κ2) is 16.5. The van der Waals surface area contributed by atoms with Gasteiger partial charge in [-0.25, -0.2) is 0 Å². The molecule has 11 aromatic rings. The molecule has 0 atom stereocenters. The van der Waals surface area contributed by atoms with Crippen LogP contribution in [-0.2, 0) is 30.9 Å². The number of benzene rings is 6. The number of hydrogen-bond acceptors (Lipinski definition) is 5. The van der Waals surface area contributed by atoms with Gasteiger partial charge in [-0.1, -0.05) is 107 Å². The third kappa shape index (κ3) is 7.58. The molecule has 0 saturated heterocycles. The van der Waals surface area contributed by atoms with E-state index in [9.17, 15) is 14.0 Å². The molecule has 66 heavy (non-hydrogen) atoms. The number of rotatable bonds is 3. The standard InChI is InChI=1S/C45H35N2O3.C13H11FN.Ir/c1-44(2,3)26-16-18-32-37(23-26)47-38-24-27(45(4,5)6)17-19-33(38)41(49)35-22-25(21-34(39(35)47)40(32)48)28-11-9-12-29-30-13-10-14-31(43(30)50-42(28)29)36-15-7-8-20-46-36;1-9-7-13(15-8-10(9)2)11-3-5-12(14)6-4-11;/h7-13,15-24H,1-6H3;3,5-8H,1-2H3;/q2*-1;. The first-order chi connectivity index (χ1) is 31.1. The Balaban J connectivity index is 0.000000291. The zero-order valence-corrected chi connectivity index (χ0v) is 40.4. The van der Waals surface area contributed by atoms with Gasteiger partial charge in [0.15, 0.2) is 10.9 Å². The quantitative estimate of drug-likeness (QED) is 0.100. The molecule has 1 radical (unpaired) electrons. The molecule has 8 heteroatoms. The first-order valence-electron chi connectivity index (χ1n) is 21.8. The zero-order valence-electron chi connectivity index (χ0n) is 38.0. The molecule has 0 unspecified atom stereocenters. The molecular formula is C58H46FIrN3O3-2. The van der Waals surface area contributed by atoms with Crippen LogP contribution >= 0.6 is 0 Å². The van der Waals surface area contributed by atoms with Gasteiger partial charge in [-0.3, -0.25) is 14.0 Å². The largest absolute Gasteiger partial charge is 0.500 e. The normalized spacial score (nSPS) is 12.0. The molecule has 5 heterocycles. The summed E-state index contributed by atoms with van der Waals surface area (Å²) in [6, 6.07) is 44.5. The predicted molar refractivity (Wildman–Crippen MR) is 264 cm³/mol. The van der Waals surface area contributed by atoms with Crippen LogP contribution in [0.25, 0.3) is 93.7 Å². The summed E-state index contributed by atoms with van der Waals surface area (Å²) >= 11 is 0. The van der Waals surface area contributed by atoms with Crippen LogP contribution in [0.5, 0.6) is 0 Å². The van der Waals surface area contributed by atoms with Gasteiger partial charge in [-0.2, -0.15) is 0 Å². The summed E-state index contributed by atoms with van der Waals surface area (Å²) in [5.41, 5.74) is 12.5. The number of hydrogen-bond donors (Lipinski definition) is 0. The molecule has 0 aliphatic carbocycles. The number of nitrogens with zero attached hydrogens (tertiary/aromatic N) is 3. The van der Waals surface area contributed by atoms with Crippen molar-refractivity contribution in [2.75, 3.05) is 0 Å². The number of furan rings is 1. The zero-order chi connectivity index (χ0) is 45.5. The molecule has 0 spiro atoms. The average molecular weight is 1040 g/mol. The summed E-state index contributed by atoms with van der Waals surface area (Å²) < 4.78 is 21.5. The summed E-state index contributed by atoms with van der Waals surface area (Å²) in [5, 5.41) is 4.13. The average Bonchev–Trinajstić information content (AvgIpc) is 3.69. The van der Waals surface area contributed by atoms with Gasteiger partial charge in [0.25, 0.3) is 0 Å². The van der Waals surface area contributed by atoms with E-state index in [2.05, 4.69) is 92.3 Å². The molecule has 0 saturated carbocycles. The number of aryl methyl sites for hydroxylation is 2. The van der Waals surface area contributed by atoms with E-state index in [1.165, 1.54) is 17.7 Å². The van der Waals surface area contributed by atoms with E-state index in [0.717, 1.165) is 72.1 Å². The minimum atomic E-state index is -0.275. The number of aromatic nitrogens is 3. The molecular weight excluding hydrogens is 998 g/mol. The Hall–Kier alpha value is -6.86. The van der Waals surface area contributed by atoms with Gasteiger partial charge in [0.2, 0.25) is 0 Å². The van der Waals surface area contributed by atoms with Crippen molar-refractivity contribution < 1.29 is 28.9 Å². The number of para-hydroxylation sites is 1. The van der Waals surface area contributed by atoms with Gasteiger partial charge < -0.3 is 18.8 Å². The maximum Gasteiger partial charge on any atom is 0.197 e. The Kier molecular flexibility index (Phi) is 11.1. The van der Waals surface area contributed by atoms with E-state index in [4.69, 9.17) is 4.42 Å². The fraction of sp³-hybridized carbons (Fsp3) is 0.172. The molecule has 0 aliphatic heterocycles. The fourth-order valence-electron chi connectivity index (χ4n) is 8.82. The van der Waals surface area contributed by atoms with Crippen LogP contribution in [0.2, 0.25) is 0 Å². The topological polar surface area (TPSA) is 77.5 Å². The van der Waals surface area contributed by atoms with Crippen molar-refractivity contribution in [1.82, 2.24) is 14.4 Å². The maximum atomic E-state index is 14.6. The van der Waals surface area contributed by atoms with Crippen LogP contribution in [-0.4, -0.2) is 14.4 Å². The van der Waals surface area contributed by atoms with Crippen LogP contribution in [0.3, 0.4) is 0 Å². The van der Waals surface area contributed by atoms with E-state index >= 15 is 0 Å². The van der Waals surface area contributed by atoms with Crippen molar-refractivity contribution in [1.29, 1.82) is 0 Å². The van der Waals surface area contributed by atoms with Crippen molar-refractivity contribution in [2.24, 2.45) is 0 Å². The Bertz CT molecular complexity index is 3690. The molecule has 0 N–H and O–H groups in total. The van der Waals surface area contributed by atoms with E-state index in [1.54, 1.807) is 12.3 Å².